The van der Waals surface area contributed by atoms with Gasteiger partial charge in [-0.05, 0) is 24.6 Å². The summed E-state index contributed by atoms with van der Waals surface area (Å²) in [6.07, 6.45) is -4.27. The molecule has 2 aromatic rings. The summed E-state index contributed by atoms with van der Waals surface area (Å²) < 4.78 is 37.1. The summed E-state index contributed by atoms with van der Waals surface area (Å²) in [7, 11) is 0. The van der Waals surface area contributed by atoms with Gasteiger partial charge in [-0.2, -0.15) is 13.2 Å². The molecule has 2 nitrogen and oxygen atoms in total. The maximum atomic E-state index is 12.4. The number of benzene rings is 1. The van der Waals surface area contributed by atoms with E-state index in [4.69, 9.17) is 0 Å². The van der Waals surface area contributed by atoms with E-state index >= 15 is 0 Å². The predicted molar refractivity (Wildman–Crippen MR) is 68.8 cm³/mol. The molecule has 2 rings (SSSR count). The Bertz CT molecular complexity index is 532. The number of halogens is 3. The van der Waals surface area contributed by atoms with Gasteiger partial charge in [-0.15, -0.1) is 11.3 Å². The number of aryl methyl sites for hydroxylation is 1. The van der Waals surface area contributed by atoms with Gasteiger partial charge < -0.3 is 5.32 Å². The minimum atomic E-state index is -4.27. The van der Waals surface area contributed by atoms with Crippen LogP contribution in [0.2, 0.25) is 0 Å². The van der Waals surface area contributed by atoms with Gasteiger partial charge in [0.2, 0.25) is 0 Å². The van der Waals surface area contributed by atoms with Crippen LogP contribution in [0, 0.1) is 6.92 Å². The summed E-state index contributed by atoms with van der Waals surface area (Å²) in [5.41, 5.74) is 1.18. The molecule has 0 radical (unpaired) electrons. The molecule has 0 saturated heterocycles. The topological polar surface area (TPSA) is 24.9 Å². The summed E-state index contributed by atoms with van der Waals surface area (Å²) in [4.78, 5) is 4.30. The van der Waals surface area contributed by atoms with E-state index in [9.17, 15) is 13.2 Å². The number of aromatic nitrogens is 1. The molecule has 0 atom stereocenters. The number of nitrogens with one attached hydrogen (secondary N) is 1. The monoisotopic (exact) mass is 286 g/mol. The first-order valence-electron chi connectivity index (χ1n) is 5.73. The summed E-state index contributed by atoms with van der Waals surface area (Å²) in [6, 6.07) is 5.18. The Morgan fingerprint density at radius 1 is 1.16 bits per heavy atom. The normalized spacial score (nSPS) is 11.8. The molecule has 0 unspecified atom stereocenters. The molecule has 0 aliphatic rings. The van der Waals surface area contributed by atoms with Crippen LogP contribution < -0.4 is 5.32 Å². The van der Waals surface area contributed by atoms with E-state index in [-0.39, 0.29) is 0 Å². The number of rotatable bonds is 4. The highest BCUT2D eigenvalue weighted by Crippen LogP contribution is 2.29. The Labute approximate surface area is 113 Å². The van der Waals surface area contributed by atoms with Crippen LogP contribution >= 0.6 is 11.3 Å². The van der Waals surface area contributed by atoms with Gasteiger partial charge in [0.25, 0.3) is 0 Å². The van der Waals surface area contributed by atoms with Crippen molar-refractivity contribution in [2.75, 3.05) is 0 Å². The third kappa shape index (κ3) is 4.04. The van der Waals surface area contributed by atoms with Crippen LogP contribution in [0.4, 0.5) is 13.2 Å². The Morgan fingerprint density at radius 2 is 1.84 bits per heavy atom. The van der Waals surface area contributed by atoms with E-state index in [1.165, 1.54) is 12.1 Å². The molecule has 0 saturated carbocycles. The lowest BCUT2D eigenvalue weighted by Crippen LogP contribution is -2.13. The lowest BCUT2D eigenvalue weighted by atomic mass is 10.1. The quantitative estimate of drug-likeness (QED) is 0.925. The van der Waals surface area contributed by atoms with Crippen molar-refractivity contribution in [1.29, 1.82) is 0 Å². The second-order valence-electron chi connectivity index (χ2n) is 4.18. The van der Waals surface area contributed by atoms with Gasteiger partial charge in [-0.1, -0.05) is 12.1 Å². The van der Waals surface area contributed by atoms with Crippen LogP contribution in [0.1, 0.15) is 21.8 Å². The molecule has 6 heteroatoms. The van der Waals surface area contributed by atoms with Gasteiger partial charge >= 0.3 is 6.18 Å². The van der Waals surface area contributed by atoms with Gasteiger partial charge in [-0.25, -0.2) is 4.98 Å². The molecule has 102 valence electrons. The highest BCUT2D eigenvalue weighted by Gasteiger charge is 2.29. The highest BCUT2D eigenvalue weighted by atomic mass is 32.1. The van der Waals surface area contributed by atoms with Crippen LogP contribution in [0.25, 0.3) is 0 Å². The standard InChI is InChI=1S/C13H13F3N2S/c1-9-8-19-12(18-9)7-17-6-10-2-4-11(5-3-10)13(14,15)16/h2-5,8,17H,6-7H2,1H3. The van der Waals surface area contributed by atoms with Crippen LogP contribution in [0.5, 0.6) is 0 Å². The lowest BCUT2D eigenvalue weighted by molar-refractivity contribution is -0.137. The van der Waals surface area contributed by atoms with Crippen molar-refractivity contribution in [1.82, 2.24) is 10.3 Å². The third-order valence-corrected chi connectivity index (χ3v) is 3.52. The molecule has 0 fully saturated rings. The molecule has 1 aromatic heterocycles. The van der Waals surface area contributed by atoms with E-state index < -0.39 is 11.7 Å². The summed E-state index contributed by atoms with van der Waals surface area (Å²) in [5, 5.41) is 6.10. The average molecular weight is 286 g/mol. The third-order valence-electron chi connectivity index (χ3n) is 2.55. The Balaban J connectivity index is 1.86. The first-order valence-corrected chi connectivity index (χ1v) is 6.61. The van der Waals surface area contributed by atoms with Gasteiger partial charge in [0.1, 0.15) is 5.01 Å². The zero-order valence-corrected chi connectivity index (χ0v) is 11.1. The van der Waals surface area contributed by atoms with Crippen LogP contribution in [-0.4, -0.2) is 4.98 Å². The van der Waals surface area contributed by atoms with Crippen molar-refractivity contribution in [3.05, 3.63) is 51.5 Å². The minimum Gasteiger partial charge on any atom is -0.306 e. The van der Waals surface area contributed by atoms with E-state index in [2.05, 4.69) is 10.3 Å². The Morgan fingerprint density at radius 3 is 2.37 bits per heavy atom. The summed E-state index contributed by atoms with van der Waals surface area (Å²) >= 11 is 1.57. The second kappa shape index (κ2) is 5.71. The fourth-order valence-corrected chi connectivity index (χ4v) is 2.35. The van der Waals surface area contributed by atoms with Crippen molar-refractivity contribution in [3.8, 4) is 0 Å². The van der Waals surface area contributed by atoms with Gasteiger partial charge in [0, 0.05) is 24.2 Å². The zero-order valence-electron chi connectivity index (χ0n) is 10.3. The van der Waals surface area contributed by atoms with E-state index in [0.29, 0.717) is 13.1 Å². The lowest BCUT2D eigenvalue weighted by Gasteiger charge is -2.08. The molecular weight excluding hydrogens is 273 g/mol. The van der Waals surface area contributed by atoms with Crippen molar-refractivity contribution >= 4 is 11.3 Å². The molecule has 1 N–H and O–H groups in total. The number of hydrogen-bond acceptors (Lipinski definition) is 3. The molecule has 0 bridgehead atoms. The van der Waals surface area contributed by atoms with Crippen LogP contribution in [0.15, 0.2) is 29.6 Å². The second-order valence-corrected chi connectivity index (χ2v) is 5.12. The fraction of sp³-hybridized carbons (Fsp3) is 0.308. The molecule has 1 aromatic carbocycles. The van der Waals surface area contributed by atoms with Gasteiger partial charge in [0.15, 0.2) is 0 Å². The number of hydrogen-bond donors (Lipinski definition) is 1. The van der Waals surface area contributed by atoms with Crippen molar-refractivity contribution in [3.63, 3.8) is 0 Å². The minimum absolute atomic E-state index is 0.525. The first-order chi connectivity index (χ1) is 8.95. The van der Waals surface area contributed by atoms with Crippen LogP contribution in [-0.2, 0) is 19.3 Å². The molecule has 19 heavy (non-hydrogen) atoms. The molecule has 1 heterocycles. The molecule has 0 aliphatic heterocycles. The van der Waals surface area contributed by atoms with Crippen LogP contribution in [0.3, 0.4) is 0 Å². The van der Waals surface area contributed by atoms with Gasteiger partial charge in [-0.3, -0.25) is 0 Å². The summed E-state index contributed by atoms with van der Waals surface area (Å²) in [6.45, 7) is 3.08. The maximum Gasteiger partial charge on any atom is 0.416 e. The van der Waals surface area contributed by atoms with E-state index in [0.717, 1.165) is 28.4 Å². The number of nitrogens with zero attached hydrogens (tertiary/aromatic N) is 1. The number of alkyl halides is 3. The molecular formula is C13H13F3N2S. The largest absolute Gasteiger partial charge is 0.416 e. The predicted octanol–water partition coefficient (Wildman–Crippen LogP) is 3.76. The van der Waals surface area contributed by atoms with E-state index in [1.807, 2.05) is 12.3 Å². The Kier molecular flexibility index (Phi) is 4.21. The van der Waals surface area contributed by atoms with Gasteiger partial charge in [0.05, 0.1) is 5.56 Å². The maximum absolute atomic E-state index is 12.4. The smallest absolute Gasteiger partial charge is 0.306 e. The van der Waals surface area contributed by atoms with Crippen molar-refractivity contribution < 1.29 is 13.2 Å². The fourth-order valence-electron chi connectivity index (χ4n) is 1.61. The SMILES string of the molecule is Cc1csc(CNCc2ccc(C(F)(F)F)cc2)n1. The Hall–Kier alpha value is -1.40. The van der Waals surface area contributed by atoms with Crippen molar-refractivity contribution in [2.45, 2.75) is 26.2 Å². The zero-order chi connectivity index (χ0) is 13.9. The van der Waals surface area contributed by atoms with E-state index in [1.54, 1.807) is 11.3 Å². The number of thiazole rings is 1. The summed E-state index contributed by atoms with van der Waals surface area (Å²) in [5.74, 6) is 0. The molecule has 0 amide bonds. The first kappa shape index (κ1) is 14.0. The average Bonchev–Trinajstić information content (AvgIpc) is 2.75. The molecule has 0 aliphatic carbocycles. The highest BCUT2D eigenvalue weighted by molar-refractivity contribution is 7.09. The van der Waals surface area contributed by atoms with Crippen molar-refractivity contribution in [2.24, 2.45) is 0 Å². The molecule has 0 spiro atoms.